The highest BCUT2D eigenvalue weighted by Gasteiger charge is 2.31. The first-order chi connectivity index (χ1) is 18.8. The molecule has 4 aromatic rings. The average molecular weight is 556 g/mol. The maximum Gasteiger partial charge on any atom is 0.573 e. The van der Waals surface area contributed by atoms with Gasteiger partial charge < -0.3 is 9.30 Å². The lowest BCUT2D eigenvalue weighted by Crippen LogP contribution is -2.45. The van der Waals surface area contributed by atoms with Crippen LogP contribution in [-0.2, 0) is 19.6 Å². The van der Waals surface area contributed by atoms with Crippen molar-refractivity contribution in [3.05, 3.63) is 89.1 Å². The molecule has 0 radical (unpaired) electrons. The number of ether oxygens (including phenoxy) is 1. The van der Waals surface area contributed by atoms with E-state index in [1.54, 1.807) is 12.1 Å². The highest BCUT2D eigenvalue weighted by Crippen LogP contribution is 2.34. The van der Waals surface area contributed by atoms with E-state index in [0.717, 1.165) is 85.7 Å². The zero-order chi connectivity index (χ0) is 27.4. The molecule has 0 N–H and O–H groups in total. The van der Waals surface area contributed by atoms with Gasteiger partial charge in [0.25, 0.3) is 0 Å². The third-order valence-corrected chi connectivity index (χ3v) is 7.50. The highest BCUT2D eigenvalue weighted by atomic mass is 35.5. The van der Waals surface area contributed by atoms with Gasteiger partial charge in [0, 0.05) is 73.5 Å². The van der Waals surface area contributed by atoms with E-state index in [-0.39, 0.29) is 5.75 Å². The first kappa shape index (κ1) is 27.6. The molecule has 1 saturated heterocycles. The molecule has 39 heavy (non-hydrogen) atoms. The number of rotatable bonds is 9. The van der Waals surface area contributed by atoms with Gasteiger partial charge >= 0.3 is 6.36 Å². The summed E-state index contributed by atoms with van der Waals surface area (Å²) >= 11 is 6.15. The molecule has 1 aliphatic rings. The van der Waals surface area contributed by atoms with Gasteiger partial charge in [0.05, 0.1) is 0 Å². The van der Waals surface area contributed by atoms with Crippen LogP contribution in [0.4, 0.5) is 13.2 Å². The van der Waals surface area contributed by atoms with Crippen molar-refractivity contribution in [3.8, 4) is 16.9 Å². The second-order valence-electron chi connectivity index (χ2n) is 10.2. The molecule has 0 aliphatic carbocycles. The molecule has 0 saturated carbocycles. The second kappa shape index (κ2) is 12.0. The minimum Gasteiger partial charge on any atom is -0.406 e. The summed E-state index contributed by atoms with van der Waals surface area (Å²) in [7, 11) is 0. The van der Waals surface area contributed by atoms with Crippen molar-refractivity contribution in [2.24, 2.45) is 0 Å². The summed E-state index contributed by atoms with van der Waals surface area (Å²) in [6.07, 6.45) is -0.436. The van der Waals surface area contributed by atoms with Crippen LogP contribution in [0.2, 0.25) is 5.02 Å². The van der Waals surface area contributed by atoms with Gasteiger partial charge in [-0.2, -0.15) is 0 Å². The largest absolute Gasteiger partial charge is 0.573 e. The monoisotopic (exact) mass is 555 g/mol. The van der Waals surface area contributed by atoms with Crippen LogP contribution in [-0.4, -0.2) is 46.9 Å². The molecule has 5 rings (SSSR count). The smallest absolute Gasteiger partial charge is 0.406 e. The molecule has 1 aliphatic heterocycles. The van der Waals surface area contributed by atoms with Crippen molar-refractivity contribution in [1.29, 1.82) is 0 Å². The number of aromatic nitrogens is 1. The van der Waals surface area contributed by atoms with Crippen molar-refractivity contribution in [2.75, 3.05) is 26.2 Å². The van der Waals surface area contributed by atoms with Gasteiger partial charge in [0.2, 0.25) is 0 Å². The number of hydrogen-bond donors (Lipinski definition) is 0. The third kappa shape index (κ3) is 7.15. The Kier molecular flexibility index (Phi) is 8.50. The summed E-state index contributed by atoms with van der Waals surface area (Å²) in [6, 6.07) is 20.8. The van der Waals surface area contributed by atoms with Crippen molar-refractivity contribution < 1.29 is 17.9 Å². The molecule has 0 spiro atoms. The van der Waals surface area contributed by atoms with Gasteiger partial charge in [-0.1, -0.05) is 55.3 Å². The van der Waals surface area contributed by atoms with Crippen molar-refractivity contribution in [1.82, 2.24) is 14.4 Å². The number of nitrogens with zero attached hydrogens (tertiary/aromatic N) is 3. The SMILES string of the molecule is CCCCn1cc(-c2ccc(OC(F)(F)F)cc2)c2cc(CN3CCN(Cc4cccc(Cl)c4)CC3)ccc21. The molecule has 1 aromatic heterocycles. The standard InChI is InChI=1S/C31H33ClF3N3O/c1-2-3-13-38-22-29(25-8-10-27(11-9-25)39-31(33,34)35)28-19-24(7-12-30(28)38)21-37-16-14-36(15-17-37)20-23-5-4-6-26(32)18-23/h4-12,18-19,22H,2-3,13-17,20-21H2,1H3. The number of piperazine rings is 1. The number of benzene rings is 3. The van der Waals surface area contributed by atoms with Crippen molar-refractivity contribution >= 4 is 22.5 Å². The molecule has 0 bridgehead atoms. The lowest BCUT2D eigenvalue weighted by Gasteiger charge is -2.34. The zero-order valence-electron chi connectivity index (χ0n) is 22.1. The molecule has 3 aromatic carbocycles. The molecule has 8 heteroatoms. The summed E-state index contributed by atoms with van der Waals surface area (Å²) in [5.41, 5.74) is 5.50. The summed E-state index contributed by atoms with van der Waals surface area (Å²) < 4.78 is 44.2. The van der Waals surface area contributed by atoms with E-state index in [4.69, 9.17) is 11.6 Å². The van der Waals surface area contributed by atoms with E-state index in [2.05, 4.69) is 56.5 Å². The van der Waals surface area contributed by atoms with Crippen molar-refractivity contribution in [2.45, 2.75) is 45.8 Å². The quantitative estimate of drug-likeness (QED) is 0.209. The number of unbranched alkanes of at least 4 members (excludes halogenated alkanes) is 1. The summed E-state index contributed by atoms with van der Waals surface area (Å²) in [4.78, 5) is 4.94. The Morgan fingerprint density at radius 1 is 0.846 bits per heavy atom. The molecule has 2 heterocycles. The fraction of sp³-hybridized carbons (Fsp3) is 0.355. The summed E-state index contributed by atoms with van der Waals surface area (Å²) in [6.45, 7) is 8.81. The van der Waals surface area contributed by atoms with Gasteiger partial charge in [-0.05, 0) is 59.5 Å². The van der Waals surface area contributed by atoms with E-state index < -0.39 is 6.36 Å². The Bertz CT molecular complexity index is 1390. The van der Waals surface area contributed by atoms with E-state index in [0.29, 0.717) is 0 Å². The maximum absolute atomic E-state index is 12.6. The Labute approximate surface area is 232 Å². The molecule has 206 valence electrons. The molecule has 0 amide bonds. The second-order valence-corrected chi connectivity index (χ2v) is 10.6. The predicted octanol–water partition coefficient (Wildman–Crippen LogP) is 7.98. The minimum absolute atomic E-state index is 0.212. The van der Waals surface area contributed by atoms with E-state index in [9.17, 15) is 13.2 Å². The Morgan fingerprint density at radius 2 is 1.51 bits per heavy atom. The minimum atomic E-state index is -4.70. The van der Waals surface area contributed by atoms with Crippen LogP contribution < -0.4 is 4.74 Å². The molecular weight excluding hydrogens is 523 g/mol. The Morgan fingerprint density at radius 3 is 2.13 bits per heavy atom. The number of hydrogen-bond acceptors (Lipinski definition) is 3. The van der Waals surface area contributed by atoms with E-state index in [1.807, 2.05) is 18.2 Å². The number of aryl methyl sites for hydroxylation is 1. The first-order valence-electron chi connectivity index (χ1n) is 13.4. The van der Waals surface area contributed by atoms with Gasteiger partial charge in [0.1, 0.15) is 5.75 Å². The first-order valence-corrected chi connectivity index (χ1v) is 13.8. The Hall–Kier alpha value is -3.00. The van der Waals surface area contributed by atoms with E-state index >= 15 is 0 Å². The zero-order valence-corrected chi connectivity index (χ0v) is 22.8. The predicted molar refractivity (Wildman–Crippen MR) is 151 cm³/mol. The molecule has 0 atom stereocenters. The average Bonchev–Trinajstić information content (AvgIpc) is 3.26. The Balaban J connectivity index is 1.31. The summed E-state index contributed by atoms with van der Waals surface area (Å²) in [5.74, 6) is -0.212. The van der Waals surface area contributed by atoms with Crippen LogP contribution in [0.5, 0.6) is 5.75 Å². The van der Waals surface area contributed by atoms with Gasteiger partial charge in [-0.25, -0.2) is 0 Å². The van der Waals surface area contributed by atoms with Crippen LogP contribution in [0.15, 0.2) is 72.9 Å². The van der Waals surface area contributed by atoms with Crippen LogP contribution in [0, 0.1) is 0 Å². The van der Waals surface area contributed by atoms with Gasteiger partial charge in [0.15, 0.2) is 0 Å². The van der Waals surface area contributed by atoms with Crippen LogP contribution >= 0.6 is 11.6 Å². The highest BCUT2D eigenvalue weighted by molar-refractivity contribution is 6.30. The molecule has 1 fully saturated rings. The fourth-order valence-electron chi connectivity index (χ4n) is 5.28. The summed E-state index contributed by atoms with van der Waals surface area (Å²) in [5, 5.41) is 1.89. The number of alkyl halides is 3. The molecule has 0 unspecified atom stereocenters. The number of halogens is 4. The lowest BCUT2D eigenvalue weighted by molar-refractivity contribution is -0.274. The van der Waals surface area contributed by atoms with Gasteiger partial charge in [-0.15, -0.1) is 13.2 Å². The maximum atomic E-state index is 12.6. The molecule has 4 nitrogen and oxygen atoms in total. The van der Waals surface area contributed by atoms with Crippen molar-refractivity contribution in [3.63, 3.8) is 0 Å². The van der Waals surface area contributed by atoms with Crippen LogP contribution in [0.25, 0.3) is 22.0 Å². The van der Waals surface area contributed by atoms with Crippen LogP contribution in [0.1, 0.15) is 30.9 Å². The van der Waals surface area contributed by atoms with Gasteiger partial charge in [-0.3, -0.25) is 9.80 Å². The molecular formula is C31H33ClF3N3O. The third-order valence-electron chi connectivity index (χ3n) is 7.26. The fourth-order valence-corrected chi connectivity index (χ4v) is 5.49. The van der Waals surface area contributed by atoms with E-state index in [1.165, 1.54) is 23.3 Å². The normalized spacial score (nSPS) is 15.2. The lowest BCUT2D eigenvalue weighted by atomic mass is 10.0. The topological polar surface area (TPSA) is 20.6 Å². The number of fused-ring (bicyclic) bond motifs is 1. The van der Waals surface area contributed by atoms with Crippen LogP contribution in [0.3, 0.4) is 0 Å².